The van der Waals surface area contributed by atoms with Crippen LogP contribution >= 0.6 is 0 Å². The van der Waals surface area contributed by atoms with E-state index in [-0.39, 0.29) is 0 Å². The van der Waals surface area contributed by atoms with Gasteiger partial charge in [-0.2, -0.15) is 5.10 Å². The molecular formula is C18H14N2O5. The second-order valence-corrected chi connectivity index (χ2v) is 5.16. The third-order valence-electron chi connectivity index (χ3n) is 3.65. The molecule has 0 amide bonds. The summed E-state index contributed by atoms with van der Waals surface area (Å²) in [5, 5.41) is 22.8. The smallest absolute Gasteiger partial charge is 0.360 e. The van der Waals surface area contributed by atoms with E-state index in [2.05, 4.69) is 5.10 Å². The van der Waals surface area contributed by atoms with Crippen LogP contribution in [0.25, 0.3) is 16.8 Å². The van der Waals surface area contributed by atoms with Crippen molar-refractivity contribution in [2.75, 3.05) is 7.11 Å². The van der Waals surface area contributed by atoms with E-state index >= 15 is 0 Å². The number of aromatic nitrogens is 2. The number of nitrogens with zero attached hydrogens (tertiary/aromatic N) is 2. The van der Waals surface area contributed by atoms with Crippen LogP contribution in [0.3, 0.4) is 0 Å². The third-order valence-corrected chi connectivity index (χ3v) is 3.65. The van der Waals surface area contributed by atoms with Gasteiger partial charge < -0.3 is 14.9 Å². The molecule has 7 nitrogen and oxygen atoms in total. The van der Waals surface area contributed by atoms with Crippen LogP contribution in [0.15, 0.2) is 59.5 Å². The molecule has 3 aromatic rings. The second-order valence-electron chi connectivity index (χ2n) is 5.16. The van der Waals surface area contributed by atoms with Crippen molar-refractivity contribution in [1.82, 2.24) is 9.78 Å². The highest BCUT2D eigenvalue weighted by Crippen LogP contribution is 2.33. The normalized spacial score (nSPS) is 10.4. The highest BCUT2D eigenvalue weighted by molar-refractivity contribution is 5.85. The number of aromatic hydroxyl groups is 1. The van der Waals surface area contributed by atoms with E-state index in [1.807, 2.05) is 30.3 Å². The van der Waals surface area contributed by atoms with E-state index in [0.29, 0.717) is 17.0 Å². The Morgan fingerprint density at radius 1 is 1.08 bits per heavy atom. The minimum atomic E-state index is -1.51. The van der Waals surface area contributed by atoms with Gasteiger partial charge in [-0.25, -0.2) is 9.48 Å². The fraction of sp³-hybridized carbons (Fsp3) is 0.0556. The molecule has 0 saturated carbocycles. The Labute approximate surface area is 142 Å². The van der Waals surface area contributed by atoms with Gasteiger partial charge in [0.25, 0.3) is 5.43 Å². The molecule has 0 bridgehead atoms. The number of para-hydroxylation sites is 2. The van der Waals surface area contributed by atoms with Gasteiger partial charge in [-0.3, -0.25) is 4.79 Å². The van der Waals surface area contributed by atoms with Gasteiger partial charge in [0.15, 0.2) is 5.75 Å². The number of carbonyl (C=O) groups is 1. The standard InChI is InChI=1S/C18H14N2O5/c1-25-15-9-5-3-7-12(15)11-6-2-4-8-13(11)20-10-14(21)17(22)16(19-20)18(23)24/h2-10,21H,1H3,(H,23,24). The number of hydrogen-bond acceptors (Lipinski definition) is 5. The summed E-state index contributed by atoms with van der Waals surface area (Å²) in [7, 11) is 1.55. The van der Waals surface area contributed by atoms with Gasteiger partial charge in [0, 0.05) is 11.1 Å². The number of benzene rings is 2. The van der Waals surface area contributed by atoms with Crippen LogP contribution in [0.5, 0.6) is 11.5 Å². The second kappa shape index (κ2) is 6.48. The average molecular weight is 338 g/mol. The highest BCUT2D eigenvalue weighted by Gasteiger charge is 2.18. The molecule has 3 rings (SSSR count). The van der Waals surface area contributed by atoms with Crippen molar-refractivity contribution in [2.24, 2.45) is 0 Å². The molecule has 0 spiro atoms. The van der Waals surface area contributed by atoms with Crippen molar-refractivity contribution in [3.8, 4) is 28.3 Å². The Morgan fingerprint density at radius 3 is 2.40 bits per heavy atom. The van der Waals surface area contributed by atoms with Gasteiger partial charge in [0.1, 0.15) is 5.75 Å². The minimum absolute atomic E-state index is 0.491. The first kappa shape index (κ1) is 16.3. The van der Waals surface area contributed by atoms with Gasteiger partial charge in [-0.15, -0.1) is 0 Å². The van der Waals surface area contributed by atoms with E-state index in [1.54, 1.807) is 25.3 Å². The lowest BCUT2D eigenvalue weighted by Gasteiger charge is -2.14. The van der Waals surface area contributed by atoms with E-state index in [0.717, 1.165) is 11.8 Å². The molecule has 1 aromatic heterocycles. The molecule has 0 saturated heterocycles. The maximum Gasteiger partial charge on any atom is 0.360 e. The lowest BCUT2D eigenvalue weighted by Crippen LogP contribution is -2.21. The number of carboxylic acids is 1. The lowest BCUT2D eigenvalue weighted by molar-refractivity contribution is 0.0686. The first-order valence-corrected chi connectivity index (χ1v) is 7.32. The molecule has 25 heavy (non-hydrogen) atoms. The van der Waals surface area contributed by atoms with Crippen LogP contribution in [0.4, 0.5) is 0 Å². The van der Waals surface area contributed by atoms with E-state index in [1.165, 1.54) is 4.68 Å². The minimum Gasteiger partial charge on any atom is -0.503 e. The SMILES string of the molecule is COc1ccccc1-c1ccccc1-n1cc(O)c(=O)c(C(=O)O)n1. The molecule has 0 aliphatic heterocycles. The number of aromatic carboxylic acids is 1. The zero-order valence-corrected chi connectivity index (χ0v) is 13.2. The molecule has 2 N–H and O–H groups in total. The summed E-state index contributed by atoms with van der Waals surface area (Å²) < 4.78 is 6.54. The van der Waals surface area contributed by atoms with Crippen LogP contribution in [-0.2, 0) is 0 Å². The molecule has 0 aliphatic rings. The van der Waals surface area contributed by atoms with Crippen LogP contribution in [0.1, 0.15) is 10.5 Å². The largest absolute Gasteiger partial charge is 0.503 e. The topological polar surface area (TPSA) is 102 Å². The average Bonchev–Trinajstić information content (AvgIpc) is 2.63. The molecule has 0 atom stereocenters. The number of ether oxygens (including phenoxy) is 1. The predicted octanol–water partition coefficient (Wildman–Crippen LogP) is 2.31. The molecule has 126 valence electrons. The van der Waals surface area contributed by atoms with Crippen molar-refractivity contribution in [2.45, 2.75) is 0 Å². The fourth-order valence-corrected chi connectivity index (χ4v) is 2.51. The van der Waals surface area contributed by atoms with Gasteiger partial charge >= 0.3 is 5.97 Å². The van der Waals surface area contributed by atoms with E-state index < -0.39 is 22.8 Å². The van der Waals surface area contributed by atoms with E-state index in [4.69, 9.17) is 9.84 Å². The first-order chi connectivity index (χ1) is 12.0. The summed E-state index contributed by atoms with van der Waals surface area (Å²) in [5.74, 6) is -1.58. The molecular weight excluding hydrogens is 324 g/mol. The van der Waals surface area contributed by atoms with Crippen LogP contribution in [-0.4, -0.2) is 33.1 Å². The summed E-state index contributed by atoms with van der Waals surface area (Å²) >= 11 is 0. The molecule has 7 heteroatoms. The third kappa shape index (κ3) is 2.94. The maximum atomic E-state index is 11.7. The Morgan fingerprint density at radius 2 is 1.72 bits per heavy atom. The Bertz CT molecular complexity index is 1010. The zero-order valence-electron chi connectivity index (χ0n) is 13.2. The number of hydrogen-bond donors (Lipinski definition) is 2. The zero-order chi connectivity index (χ0) is 18.0. The Kier molecular flexibility index (Phi) is 4.21. The molecule has 1 heterocycles. The Hall–Kier alpha value is -3.61. The molecule has 0 aliphatic carbocycles. The van der Waals surface area contributed by atoms with Crippen molar-refractivity contribution in [1.29, 1.82) is 0 Å². The summed E-state index contributed by atoms with van der Waals surface area (Å²) in [6.45, 7) is 0. The lowest BCUT2D eigenvalue weighted by atomic mass is 10.0. The predicted molar refractivity (Wildman–Crippen MR) is 90.4 cm³/mol. The molecule has 0 unspecified atom stereocenters. The summed E-state index contributed by atoms with van der Waals surface area (Å²) in [6, 6.07) is 14.4. The van der Waals surface area contributed by atoms with Crippen LogP contribution in [0.2, 0.25) is 0 Å². The fourth-order valence-electron chi connectivity index (χ4n) is 2.51. The van der Waals surface area contributed by atoms with Gasteiger partial charge in [-0.1, -0.05) is 36.4 Å². The van der Waals surface area contributed by atoms with Crippen LogP contribution < -0.4 is 10.2 Å². The van der Waals surface area contributed by atoms with Gasteiger partial charge in [0.2, 0.25) is 5.69 Å². The summed E-state index contributed by atoms with van der Waals surface area (Å²) in [6.07, 6.45) is 1.09. The summed E-state index contributed by atoms with van der Waals surface area (Å²) in [4.78, 5) is 22.9. The van der Waals surface area contributed by atoms with Crippen LogP contribution in [0, 0.1) is 0 Å². The first-order valence-electron chi connectivity index (χ1n) is 7.32. The Balaban J connectivity index is 2.27. The quantitative estimate of drug-likeness (QED) is 0.757. The van der Waals surface area contributed by atoms with E-state index in [9.17, 15) is 14.7 Å². The number of methoxy groups -OCH3 is 1. The van der Waals surface area contributed by atoms with Gasteiger partial charge in [0.05, 0.1) is 19.0 Å². The highest BCUT2D eigenvalue weighted by atomic mass is 16.5. The van der Waals surface area contributed by atoms with Gasteiger partial charge in [-0.05, 0) is 12.1 Å². The van der Waals surface area contributed by atoms with Crippen molar-refractivity contribution in [3.05, 3.63) is 70.6 Å². The van der Waals surface area contributed by atoms with Crippen molar-refractivity contribution < 1.29 is 19.7 Å². The van der Waals surface area contributed by atoms with Crippen molar-refractivity contribution in [3.63, 3.8) is 0 Å². The number of carboxylic acid groups (broad SMARTS) is 1. The monoisotopic (exact) mass is 338 g/mol. The van der Waals surface area contributed by atoms with Crippen molar-refractivity contribution >= 4 is 5.97 Å². The molecule has 0 radical (unpaired) electrons. The molecule has 0 fully saturated rings. The molecule has 2 aromatic carbocycles. The summed E-state index contributed by atoms with van der Waals surface area (Å²) in [5.41, 5.74) is 0.169. The number of rotatable bonds is 4. The maximum absolute atomic E-state index is 11.7.